The van der Waals surface area contributed by atoms with E-state index in [2.05, 4.69) is 35.1 Å². The molecule has 0 fully saturated rings. The van der Waals surface area contributed by atoms with E-state index >= 15 is 0 Å². The number of alkyl halides is 1. The van der Waals surface area contributed by atoms with Crippen LogP contribution >= 0.6 is 27.5 Å². The highest BCUT2D eigenvalue weighted by Crippen LogP contribution is 2.19. The maximum atomic E-state index is 11.6. The highest BCUT2D eigenvalue weighted by Gasteiger charge is 2.19. The van der Waals surface area contributed by atoms with Gasteiger partial charge in [0.05, 0.1) is 11.8 Å². The lowest BCUT2D eigenvalue weighted by molar-refractivity contribution is 0.0940. The van der Waals surface area contributed by atoms with Gasteiger partial charge >= 0.3 is 0 Å². The quantitative estimate of drug-likeness (QED) is 0.867. The van der Waals surface area contributed by atoms with E-state index in [9.17, 15) is 4.79 Å². The predicted octanol–water partition coefficient (Wildman–Crippen LogP) is 3.08. The number of rotatable bonds is 4. The number of hydrogen-bond acceptors (Lipinski definition) is 2. The minimum Gasteiger partial charge on any atom is -0.452 e. The largest absolute Gasteiger partial charge is 0.452 e. The molecule has 0 saturated carbocycles. The van der Waals surface area contributed by atoms with Crippen molar-refractivity contribution in [3.8, 4) is 0 Å². The summed E-state index contributed by atoms with van der Waals surface area (Å²) in [6.45, 7) is 4.69. The van der Waals surface area contributed by atoms with Gasteiger partial charge in [-0.2, -0.15) is 0 Å². The number of carbonyl (C=O) groups is 1. The SMILES string of the molecule is CC(C)(CBr)CNC(=O)c1ccoc1Cl. The fourth-order valence-electron chi connectivity index (χ4n) is 0.918. The van der Waals surface area contributed by atoms with Crippen LogP contribution in [-0.4, -0.2) is 17.8 Å². The van der Waals surface area contributed by atoms with Crippen molar-refractivity contribution in [2.24, 2.45) is 5.41 Å². The molecule has 1 aromatic rings. The van der Waals surface area contributed by atoms with Gasteiger partial charge in [0.25, 0.3) is 5.91 Å². The molecular weight excluding hydrogens is 281 g/mol. The molecule has 1 rings (SSSR count). The van der Waals surface area contributed by atoms with E-state index in [0.717, 1.165) is 5.33 Å². The summed E-state index contributed by atoms with van der Waals surface area (Å²) in [6, 6.07) is 1.55. The Kier molecular flexibility index (Phi) is 4.22. The number of carbonyl (C=O) groups excluding carboxylic acids is 1. The molecule has 0 aliphatic carbocycles. The summed E-state index contributed by atoms with van der Waals surface area (Å²) in [5.74, 6) is -0.206. The van der Waals surface area contributed by atoms with Crippen molar-refractivity contribution in [1.29, 1.82) is 0 Å². The second kappa shape index (κ2) is 5.03. The van der Waals surface area contributed by atoms with Crippen LogP contribution in [0.1, 0.15) is 24.2 Å². The van der Waals surface area contributed by atoms with E-state index in [0.29, 0.717) is 12.1 Å². The summed E-state index contributed by atoms with van der Waals surface area (Å²) in [4.78, 5) is 11.6. The maximum absolute atomic E-state index is 11.6. The first-order chi connectivity index (χ1) is 6.96. The molecule has 0 unspecified atom stereocenters. The third-order valence-corrected chi connectivity index (χ3v) is 3.76. The highest BCUT2D eigenvalue weighted by atomic mass is 79.9. The molecule has 15 heavy (non-hydrogen) atoms. The lowest BCUT2D eigenvalue weighted by Crippen LogP contribution is -2.34. The average Bonchev–Trinajstić information content (AvgIpc) is 2.61. The van der Waals surface area contributed by atoms with Crippen molar-refractivity contribution in [2.45, 2.75) is 13.8 Å². The van der Waals surface area contributed by atoms with Crippen molar-refractivity contribution >= 4 is 33.4 Å². The Balaban J connectivity index is 2.55. The first kappa shape index (κ1) is 12.6. The summed E-state index contributed by atoms with van der Waals surface area (Å²) in [5.41, 5.74) is 0.397. The summed E-state index contributed by atoms with van der Waals surface area (Å²) in [6.07, 6.45) is 1.40. The van der Waals surface area contributed by atoms with Gasteiger partial charge in [-0.1, -0.05) is 29.8 Å². The fraction of sp³-hybridized carbons (Fsp3) is 0.500. The van der Waals surface area contributed by atoms with Crippen LogP contribution in [0.2, 0.25) is 5.22 Å². The molecule has 1 aromatic heterocycles. The van der Waals surface area contributed by atoms with Crippen LogP contribution in [0.4, 0.5) is 0 Å². The van der Waals surface area contributed by atoms with E-state index in [-0.39, 0.29) is 16.5 Å². The average molecular weight is 295 g/mol. The van der Waals surface area contributed by atoms with Gasteiger partial charge in [-0.05, 0) is 23.1 Å². The molecule has 5 heteroatoms. The van der Waals surface area contributed by atoms with Crippen LogP contribution in [0.5, 0.6) is 0 Å². The second-order valence-corrected chi connectivity index (χ2v) is 4.99. The third kappa shape index (κ3) is 3.54. The monoisotopic (exact) mass is 293 g/mol. The van der Waals surface area contributed by atoms with E-state index < -0.39 is 0 Å². The van der Waals surface area contributed by atoms with Crippen molar-refractivity contribution in [3.05, 3.63) is 23.1 Å². The Morgan fingerprint density at radius 3 is 2.80 bits per heavy atom. The number of hydrogen-bond donors (Lipinski definition) is 1. The smallest absolute Gasteiger partial charge is 0.256 e. The first-order valence-corrected chi connectivity index (χ1v) is 6.03. The van der Waals surface area contributed by atoms with E-state index in [1.54, 1.807) is 6.07 Å². The maximum Gasteiger partial charge on any atom is 0.256 e. The molecule has 0 aromatic carbocycles. The Morgan fingerprint density at radius 1 is 1.67 bits per heavy atom. The van der Waals surface area contributed by atoms with Gasteiger partial charge in [0.1, 0.15) is 0 Å². The normalized spacial score (nSPS) is 11.5. The zero-order valence-electron chi connectivity index (χ0n) is 8.64. The lowest BCUT2D eigenvalue weighted by Gasteiger charge is -2.21. The Morgan fingerprint density at radius 2 is 2.33 bits per heavy atom. The number of furan rings is 1. The summed E-state index contributed by atoms with van der Waals surface area (Å²) >= 11 is 9.07. The standard InChI is InChI=1S/C10H13BrClNO2/c1-10(2,5-11)6-13-9(14)7-3-4-15-8(7)12/h3-4H,5-6H2,1-2H3,(H,13,14). The Bertz CT molecular complexity index is 349. The summed E-state index contributed by atoms with van der Waals surface area (Å²) in [5, 5.41) is 3.75. The number of halogens is 2. The van der Waals surface area contributed by atoms with E-state index in [1.165, 1.54) is 6.26 Å². The molecule has 1 N–H and O–H groups in total. The number of amides is 1. The van der Waals surface area contributed by atoms with Crippen molar-refractivity contribution in [2.75, 3.05) is 11.9 Å². The van der Waals surface area contributed by atoms with Crippen LogP contribution in [-0.2, 0) is 0 Å². The molecule has 0 spiro atoms. The molecule has 1 amide bonds. The molecule has 0 radical (unpaired) electrons. The highest BCUT2D eigenvalue weighted by molar-refractivity contribution is 9.09. The predicted molar refractivity (Wildman–Crippen MR) is 63.6 cm³/mol. The molecule has 0 atom stereocenters. The zero-order chi connectivity index (χ0) is 11.5. The van der Waals surface area contributed by atoms with Gasteiger partial charge in [0, 0.05) is 11.9 Å². The molecule has 0 saturated heterocycles. The van der Waals surface area contributed by atoms with Crippen molar-refractivity contribution in [1.82, 2.24) is 5.32 Å². The molecular formula is C10H13BrClNO2. The van der Waals surface area contributed by atoms with Gasteiger partial charge in [0.15, 0.2) is 0 Å². The minimum absolute atomic E-state index is 0.0197. The van der Waals surface area contributed by atoms with Crippen molar-refractivity contribution in [3.63, 3.8) is 0 Å². The summed E-state index contributed by atoms with van der Waals surface area (Å²) < 4.78 is 4.84. The van der Waals surface area contributed by atoms with E-state index in [1.807, 2.05) is 0 Å². The second-order valence-electron chi connectivity index (χ2n) is 4.09. The Labute approximate surface area is 102 Å². The van der Waals surface area contributed by atoms with Gasteiger partial charge in [-0.25, -0.2) is 0 Å². The number of nitrogens with one attached hydrogen (secondary N) is 1. The zero-order valence-corrected chi connectivity index (χ0v) is 11.0. The first-order valence-electron chi connectivity index (χ1n) is 4.53. The molecule has 84 valence electrons. The van der Waals surface area contributed by atoms with Gasteiger partial charge in [-0.15, -0.1) is 0 Å². The molecule has 0 bridgehead atoms. The molecule has 1 heterocycles. The van der Waals surface area contributed by atoms with E-state index in [4.69, 9.17) is 16.0 Å². The molecule has 0 aliphatic heterocycles. The topological polar surface area (TPSA) is 42.2 Å². The lowest BCUT2D eigenvalue weighted by atomic mass is 9.97. The Hall–Kier alpha value is -0.480. The van der Waals surface area contributed by atoms with Crippen LogP contribution in [0.3, 0.4) is 0 Å². The van der Waals surface area contributed by atoms with Crippen LogP contribution in [0.15, 0.2) is 16.7 Å². The van der Waals surface area contributed by atoms with Crippen LogP contribution < -0.4 is 5.32 Å². The van der Waals surface area contributed by atoms with Gasteiger partial charge < -0.3 is 9.73 Å². The van der Waals surface area contributed by atoms with Gasteiger partial charge in [-0.3, -0.25) is 4.79 Å². The fourth-order valence-corrected chi connectivity index (χ4v) is 1.32. The van der Waals surface area contributed by atoms with Crippen molar-refractivity contribution < 1.29 is 9.21 Å². The molecule has 3 nitrogen and oxygen atoms in total. The third-order valence-electron chi connectivity index (χ3n) is 1.95. The molecule has 0 aliphatic rings. The van der Waals surface area contributed by atoms with Crippen LogP contribution in [0.25, 0.3) is 0 Å². The van der Waals surface area contributed by atoms with Gasteiger partial charge in [0.2, 0.25) is 5.22 Å². The summed E-state index contributed by atoms with van der Waals surface area (Å²) in [7, 11) is 0. The van der Waals surface area contributed by atoms with Crippen LogP contribution in [0, 0.1) is 5.41 Å². The minimum atomic E-state index is -0.206.